The monoisotopic (exact) mass is 317 g/mol. The van der Waals surface area contributed by atoms with E-state index in [4.69, 9.17) is 0 Å². The van der Waals surface area contributed by atoms with E-state index in [1.807, 2.05) is 11.9 Å². The van der Waals surface area contributed by atoms with E-state index < -0.39 is 0 Å². The minimum absolute atomic E-state index is 0.0283. The predicted octanol–water partition coefficient (Wildman–Crippen LogP) is 3.26. The van der Waals surface area contributed by atoms with Crippen LogP contribution in [0, 0.1) is 5.92 Å². The van der Waals surface area contributed by atoms with Crippen molar-refractivity contribution >= 4 is 17.6 Å². The minimum Gasteiger partial charge on any atom is -0.351 e. The largest absolute Gasteiger partial charge is 0.351 e. The zero-order chi connectivity index (χ0) is 16.1. The van der Waals surface area contributed by atoms with Gasteiger partial charge in [-0.3, -0.25) is 4.79 Å². The molecular weight excluding hydrogens is 294 g/mol. The highest BCUT2D eigenvalue weighted by Crippen LogP contribution is 2.16. The van der Waals surface area contributed by atoms with Crippen molar-refractivity contribution in [1.82, 2.24) is 9.55 Å². The van der Waals surface area contributed by atoms with Crippen LogP contribution in [0.15, 0.2) is 46.3 Å². The second kappa shape index (κ2) is 7.49. The Kier molecular flexibility index (Phi) is 5.66. The van der Waals surface area contributed by atoms with Crippen LogP contribution in [0.1, 0.15) is 19.4 Å². The van der Waals surface area contributed by atoms with Crippen molar-refractivity contribution in [2.24, 2.45) is 5.92 Å². The van der Waals surface area contributed by atoms with Gasteiger partial charge in [0.15, 0.2) is 5.82 Å². The highest BCUT2D eigenvalue weighted by atomic mass is 32.2. The van der Waals surface area contributed by atoms with Gasteiger partial charge in [0, 0.05) is 37.4 Å². The summed E-state index contributed by atoms with van der Waals surface area (Å²) in [4.78, 5) is 19.9. The molecule has 0 saturated carbocycles. The average molecular weight is 317 g/mol. The Morgan fingerprint density at radius 2 is 1.95 bits per heavy atom. The molecule has 0 aliphatic heterocycles. The zero-order valence-electron chi connectivity index (χ0n) is 13.6. The molecule has 4 nitrogen and oxygen atoms in total. The van der Waals surface area contributed by atoms with Gasteiger partial charge in [-0.15, -0.1) is 11.8 Å². The normalized spacial score (nSPS) is 11.0. The maximum absolute atomic E-state index is 12.5. The van der Waals surface area contributed by atoms with Crippen molar-refractivity contribution < 1.29 is 0 Å². The molecule has 0 saturated heterocycles. The van der Waals surface area contributed by atoms with Gasteiger partial charge < -0.3 is 9.47 Å². The average Bonchev–Trinajstić information content (AvgIpc) is 2.49. The Labute approximate surface area is 136 Å². The van der Waals surface area contributed by atoms with Gasteiger partial charge >= 0.3 is 0 Å². The van der Waals surface area contributed by atoms with Gasteiger partial charge in [-0.1, -0.05) is 26.0 Å². The standard InChI is InChI=1S/C17H23N3OS/c1-13(2)11-20-10-9-18-16(17(20)21)19(3)12-14-5-7-15(22-4)8-6-14/h5-10,13H,11-12H2,1-4H3. The molecule has 1 aromatic heterocycles. The van der Waals surface area contributed by atoms with E-state index in [1.165, 1.54) is 10.5 Å². The van der Waals surface area contributed by atoms with Crippen LogP contribution >= 0.6 is 11.8 Å². The Morgan fingerprint density at radius 1 is 1.27 bits per heavy atom. The van der Waals surface area contributed by atoms with Crippen molar-refractivity contribution in [2.45, 2.75) is 31.8 Å². The third kappa shape index (κ3) is 4.13. The van der Waals surface area contributed by atoms with E-state index in [0.717, 1.165) is 0 Å². The van der Waals surface area contributed by atoms with Gasteiger partial charge in [0.25, 0.3) is 5.56 Å². The number of nitrogens with zero attached hydrogens (tertiary/aromatic N) is 3. The first-order valence-electron chi connectivity index (χ1n) is 7.40. The van der Waals surface area contributed by atoms with Crippen LogP contribution in [-0.2, 0) is 13.1 Å². The number of thioether (sulfide) groups is 1. The number of benzene rings is 1. The first kappa shape index (κ1) is 16.6. The highest BCUT2D eigenvalue weighted by molar-refractivity contribution is 7.98. The molecular formula is C17H23N3OS. The van der Waals surface area contributed by atoms with E-state index in [1.54, 1.807) is 28.7 Å². The molecule has 0 unspecified atom stereocenters. The molecule has 0 aliphatic rings. The van der Waals surface area contributed by atoms with Gasteiger partial charge in [0.1, 0.15) is 0 Å². The van der Waals surface area contributed by atoms with Gasteiger partial charge in [0.05, 0.1) is 0 Å². The quantitative estimate of drug-likeness (QED) is 0.767. The number of hydrogen-bond acceptors (Lipinski definition) is 4. The lowest BCUT2D eigenvalue weighted by Crippen LogP contribution is -2.31. The van der Waals surface area contributed by atoms with Gasteiger partial charge in [-0.25, -0.2) is 4.98 Å². The smallest absolute Gasteiger partial charge is 0.293 e. The van der Waals surface area contributed by atoms with Crippen LogP contribution in [0.5, 0.6) is 0 Å². The fraction of sp³-hybridized carbons (Fsp3) is 0.412. The van der Waals surface area contributed by atoms with Crippen molar-refractivity contribution in [3.63, 3.8) is 0 Å². The summed E-state index contributed by atoms with van der Waals surface area (Å²) in [6.45, 7) is 5.58. The van der Waals surface area contributed by atoms with Crippen LogP contribution in [0.2, 0.25) is 0 Å². The lowest BCUT2D eigenvalue weighted by atomic mass is 10.2. The van der Waals surface area contributed by atoms with Gasteiger partial charge in [0.2, 0.25) is 0 Å². The third-order valence-corrected chi connectivity index (χ3v) is 4.14. The SMILES string of the molecule is CSc1ccc(CN(C)c2nccn(CC(C)C)c2=O)cc1. The molecule has 0 atom stereocenters. The summed E-state index contributed by atoms with van der Waals surface area (Å²) in [5.74, 6) is 0.925. The molecule has 2 rings (SSSR count). The molecule has 2 aromatic rings. The summed E-state index contributed by atoms with van der Waals surface area (Å²) in [6, 6.07) is 8.39. The van der Waals surface area contributed by atoms with Crippen LogP contribution in [-0.4, -0.2) is 22.9 Å². The summed E-state index contributed by atoms with van der Waals surface area (Å²) >= 11 is 1.72. The Balaban J connectivity index is 2.18. The molecule has 1 heterocycles. The molecule has 0 amide bonds. The van der Waals surface area contributed by atoms with E-state index in [2.05, 4.69) is 49.4 Å². The summed E-state index contributed by atoms with van der Waals surface area (Å²) in [5.41, 5.74) is 1.14. The van der Waals surface area contributed by atoms with Crippen LogP contribution in [0.25, 0.3) is 0 Å². The first-order valence-corrected chi connectivity index (χ1v) is 8.63. The highest BCUT2D eigenvalue weighted by Gasteiger charge is 2.11. The van der Waals surface area contributed by atoms with Crippen molar-refractivity contribution in [3.8, 4) is 0 Å². The Morgan fingerprint density at radius 3 is 2.55 bits per heavy atom. The van der Waals surface area contributed by atoms with Gasteiger partial charge in [-0.05, 0) is 29.9 Å². The summed E-state index contributed by atoms with van der Waals surface area (Å²) < 4.78 is 1.74. The van der Waals surface area contributed by atoms with Crippen LogP contribution < -0.4 is 10.5 Å². The summed E-state index contributed by atoms with van der Waals surface area (Å²) in [6.07, 6.45) is 5.52. The number of hydrogen-bond donors (Lipinski definition) is 0. The number of anilines is 1. The molecule has 0 radical (unpaired) electrons. The molecule has 0 fully saturated rings. The predicted molar refractivity (Wildman–Crippen MR) is 93.7 cm³/mol. The molecule has 0 spiro atoms. The second-order valence-corrected chi connectivity index (χ2v) is 6.69. The molecule has 0 N–H and O–H groups in total. The van der Waals surface area contributed by atoms with Crippen molar-refractivity contribution in [1.29, 1.82) is 0 Å². The molecule has 0 bridgehead atoms. The Bertz CT molecular complexity index is 664. The minimum atomic E-state index is -0.0283. The maximum Gasteiger partial charge on any atom is 0.293 e. The molecule has 1 aromatic carbocycles. The Hall–Kier alpha value is -1.75. The van der Waals surface area contributed by atoms with E-state index in [-0.39, 0.29) is 5.56 Å². The summed E-state index contributed by atoms with van der Waals surface area (Å²) in [7, 11) is 1.91. The van der Waals surface area contributed by atoms with E-state index in [9.17, 15) is 4.79 Å². The lowest BCUT2D eigenvalue weighted by molar-refractivity contribution is 0.508. The topological polar surface area (TPSA) is 38.1 Å². The van der Waals surface area contributed by atoms with Gasteiger partial charge in [-0.2, -0.15) is 0 Å². The molecule has 118 valence electrons. The zero-order valence-corrected chi connectivity index (χ0v) is 14.4. The summed E-state index contributed by atoms with van der Waals surface area (Å²) in [5, 5.41) is 0. The number of aromatic nitrogens is 2. The van der Waals surface area contributed by atoms with E-state index >= 15 is 0 Å². The lowest BCUT2D eigenvalue weighted by Gasteiger charge is -2.19. The molecule has 5 heteroatoms. The second-order valence-electron chi connectivity index (χ2n) is 5.81. The number of rotatable bonds is 6. The van der Waals surface area contributed by atoms with Crippen molar-refractivity contribution in [2.75, 3.05) is 18.2 Å². The third-order valence-electron chi connectivity index (χ3n) is 3.40. The molecule has 0 aliphatic carbocycles. The maximum atomic E-state index is 12.5. The van der Waals surface area contributed by atoms with Crippen molar-refractivity contribution in [3.05, 3.63) is 52.6 Å². The van der Waals surface area contributed by atoms with Crippen LogP contribution in [0.3, 0.4) is 0 Å². The fourth-order valence-electron chi connectivity index (χ4n) is 2.31. The first-order chi connectivity index (χ1) is 10.5. The van der Waals surface area contributed by atoms with E-state index in [0.29, 0.717) is 24.8 Å². The van der Waals surface area contributed by atoms with Crippen LogP contribution in [0.4, 0.5) is 5.82 Å². The molecule has 22 heavy (non-hydrogen) atoms. The fourth-order valence-corrected chi connectivity index (χ4v) is 2.72.